The van der Waals surface area contributed by atoms with Crippen molar-refractivity contribution in [3.05, 3.63) is 23.6 Å². The lowest BCUT2D eigenvalue weighted by Gasteiger charge is -2.19. The number of halogens is 1. The predicted molar refractivity (Wildman–Crippen MR) is 67.3 cm³/mol. The van der Waals surface area contributed by atoms with Gasteiger partial charge in [0.2, 0.25) is 0 Å². The second-order valence-electron chi connectivity index (χ2n) is 4.70. The van der Waals surface area contributed by atoms with Crippen molar-refractivity contribution in [1.29, 1.82) is 0 Å². The van der Waals surface area contributed by atoms with Gasteiger partial charge < -0.3 is 10.6 Å². The summed E-state index contributed by atoms with van der Waals surface area (Å²) in [6.07, 6.45) is 5.20. The smallest absolute Gasteiger partial charge is 0.170 e. The third-order valence-electron chi connectivity index (χ3n) is 3.45. The summed E-state index contributed by atoms with van der Waals surface area (Å²) in [7, 11) is 0. The molecule has 4 heteroatoms. The largest absolute Gasteiger partial charge is 0.354 e. The van der Waals surface area contributed by atoms with Crippen LogP contribution in [0.3, 0.4) is 0 Å². The molecule has 2 rings (SSSR count). The molecule has 0 bridgehead atoms. The van der Waals surface area contributed by atoms with E-state index in [0.717, 1.165) is 19.5 Å². The van der Waals surface area contributed by atoms with E-state index >= 15 is 0 Å². The van der Waals surface area contributed by atoms with Crippen LogP contribution in [0.2, 0.25) is 0 Å². The van der Waals surface area contributed by atoms with Gasteiger partial charge in [-0.3, -0.25) is 0 Å². The van der Waals surface area contributed by atoms with E-state index in [1.54, 1.807) is 12.3 Å². The van der Waals surface area contributed by atoms with Crippen molar-refractivity contribution >= 4 is 5.82 Å². The van der Waals surface area contributed by atoms with Crippen LogP contribution in [0.5, 0.6) is 0 Å². The Labute approximate surface area is 102 Å². The molecule has 0 radical (unpaired) electrons. The first-order valence-electron chi connectivity index (χ1n) is 6.34. The zero-order valence-electron chi connectivity index (χ0n) is 10.3. The highest BCUT2D eigenvalue weighted by Gasteiger charge is 2.25. The molecular weight excluding hydrogens is 217 g/mol. The number of hydrogen-bond acceptors (Lipinski definition) is 3. The fourth-order valence-electron chi connectivity index (χ4n) is 2.52. The fraction of sp³-hybridized carbons (Fsp3) is 0.615. The molecule has 3 nitrogen and oxygen atoms in total. The van der Waals surface area contributed by atoms with Crippen molar-refractivity contribution in [3.8, 4) is 0 Å². The standard InChI is InChI=1S/C13H20FN3/c1-2-3-10-5-7-17(9-10)13-12(14)11(8-15)4-6-16-13/h4,6,10H,2-3,5,7-9,15H2,1H3. The van der Waals surface area contributed by atoms with Crippen molar-refractivity contribution in [2.45, 2.75) is 32.7 Å². The van der Waals surface area contributed by atoms with E-state index < -0.39 is 0 Å². The zero-order valence-corrected chi connectivity index (χ0v) is 10.3. The number of nitrogens with two attached hydrogens (primary N) is 1. The van der Waals surface area contributed by atoms with Gasteiger partial charge in [-0.2, -0.15) is 0 Å². The Morgan fingerprint density at radius 1 is 1.59 bits per heavy atom. The Balaban J connectivity index is 2.13. The lowest BCUT2D eigenvalue weighted by atomic mass is 10.0. The highest BCUT2D eigenvalue weighted by molar-refractivity contribution is 5.44. The summed E-state index contributed by atoms with van der Waals surface area (Å²) in [5.41, 5.74) is 6.06. The van der Waals surface area contributed by atoms with Crippen molar-refractivity contribution in [3.63, 3.8) is 0 Å². The van der Waals surface area contributed by atoms with Gasteiger partial charge in [-0.1, -0.05) is 13.3 Å². The van der Waals surface area contributed by atoms with Crippen LogP contribution < -0.4 is 10.6 Å². The minimum Gasteiger partial charge on any atom is -0.354 e. The maximum Gasteiger partial charge on any atom is 0.170 e. The summed E-state index contributed by atoms with van der Waals surface area (Å²) in [4.78, 5) is 6.21. The van der Waals surface area contributed by atoms with E-state index in [-0.39, 0.29) is 12.4 Å². The summed E-state index contributed by atoms with van der Waals surface area (Å²) < 4.78 is 14.1. The van der Waals surface area contributed by atoms with Gasteiger partial charge in [-0.25, -0.2) is 9.37 Å². The molecule has 0 saturated carbocycles. The molecule has 1 fully saturated rings. The first kappa shape index (κ1) is 12.3. The SMILES string of the molecule is CCCC1CCN(c2nccc(CN)c2F)C1. The van der Waals surface area contributed by atoms with E-state index in [0.29, 0.717) is 17.3 Å². The summed E-state index contributed by atoms with van der Waals surface area (Å²) in [6, 6.07) is 1.65. The quantitative estimate of drug-likeness (QED) is 0.873. The maximum absolute atomic E-state index is 14.1. The third kappa shape index (κ3) is 2.57. The van der Waals surface area contributed by atoms with Gasteiger partial charge in [0, 0.05) is 31.4 Å². The number of anilines is 1. The molecule has 0 aliphatic carbocycles. The van der Waals surface area contributed by atoms with Crippen LogP contribution in [0.15, 0.2) is 12.3 Å². The summed E-state index contributed by atoms with van der Waals surface area (Å²) >= 11 is 0. The average Bonchev–Trinajstić information content (AvgIpc) is 2.78. The Kier molecular flexibility index (Phi) is 3.94. The molecule has 2 N–H and O–H groups in total. The average molecular weight is 237 g/mol. The van der Waals surface area contributed by atoms with Crippen LogP contribution in [0.4, 0.5) is 10.2 Å². The van der Waals surface area contributed by atoms with Gasteiger partial charge in [0.1, 0.15) is 0 Å². The van der Waals surface area contributed by atoms with Crippen LogP contribution in [-0.2, 0) is 6.54 Å². The zero-order chi connectivity index (χ0) is 12.3. The van der Waals surface area contributed by atoms with Crippen molar-refractivity contribution in [2.24, 2.45) is 11.7 Å². The summed E-state index contributed by atoms with van der Waals surface area (Å²) in [5, 5.41) is 0. The Hall–Kier alpha value is -1.16. The minimum absolute atomic E-state index is 0.230. The van der Waals surface area contributed by atoms with Gasteiger partial charge in [0.25, 0.3) is 0 Å². The number of aromatic nitrogens is 1. The molecule has 1 aliphatic heterocycles. The highest BCUT2D eigenvalue weighted by atomic mass is 19.1. The molecule has 94 valence electrons. The number of nitrogens with zero attached hydrogens (tertiary/aromatic N) is 2. The minimum atomic E-state index is -0.243. The second-order valence-corrected chi connectivity index (χ2v) is 4.70. The highest BCUT2D eigenvalue weighted by Crippen LogP contribution is 2.27. The molecule has 1 aromatic heterocycles. The normalized spacial score (nSPS) is 19.9. The molecule has 0 amide bonds. The number of rotatable bonds is 4. The Bertz CT molecular complexity index is 381. The van der Waals surface area contributed by atoms with Crippen LogP contribution in [-0.4, -0.2) is 18.1 Å². The second kappa shape index (κ2) is 5.45. The van der Waals surface area contributed by atoms with Crippen molar-refractivity contribution in [2.75, 3.05) is 18.0 Å². The van der Waals surface area contributed by atoms with Gasteiger partial charge in [-0.15, -0.1) is 0 Å². The fourth-order valence-corrected chi connectivity index (χ4v) is 2.52. The van der Waals surface area contributed by atoms with E-state index in [4.69, 9.17) is 5.73 Å². The van der Waals surface area contributed by atoms with Gasteiger partial charge in [-0.05, 0) is 24.8 Å². The van der Waals surface area contributed by atoms with E-state index in [1.165, 1.54) is 12.8 Å². The number of pyridine rings is 1. The molecular formula is C13H20FN3. The van der Waals surface area contributed by atoms with Gasteiger partial charge >= 0.3 is 0 Å². The van der Waals surface area contributed by atoms with Crippen LogP contribution in [0.1, 0.15) is 31.7 Å². The topological polar surface area (TPSA) is 42.2 Å². The third-order valence-corrected chi connectivity index (χ3v) is 3.45. The Morgan fingerprint density at radius 3 is 3.12 bits per heavy atom. The molecule has 1 unspecified atom stereocenters. The van der Waals surface area contributed by atoms with Crippen LogP contribution in [0, 0.1) is 11.7 Å². The predicted octanol–water partition coefficient (Wildman–Crippen LogP) is 2.31. The molecule has 1 aromatic rings. The molecule has 0 spiro atoms. The lowest BCUT2D eigenvalue weighted by molar-refractivity contribution is 0.528. The monoisotopic (exact) mass is 237 g/mol. The van der Waals surface area contributed by atoms with Crippen molar-refractivity contribution < 1.29 is 4.39 Å². The first-order chi connectivity index (χ1) is 8.26. The Morgan fingerprint density at radius 2 is 2.41 bits per heavy atom. The van der Waals surface area contributed by atoms with E-state index in [1.807, 2.05) is 0 Å². The van der Waals surface area contributed by atoms with Crippen molar-refractivity contribution in [1.82, 2.24) is 4.98 Å². The molecule has 1 saturated heterocycles. The summed E-state index contributed by atoms with van der Waals surface area (Å²) in [5.74, 6) is 0.918. The van der Waals surface area contributed by atoms with Gasteiger partial charge in [0.15, 0.2) is 11.6 Å². The molecule has 1 aliphatic rings. The number of hydrogen-bond donors (Lipinski definition) is 1. The lowest BCUT2D eigenvalue weighted by Crippen LogP contribution is -2.23. The molecule has 0 aromatic carbocycles. The van der Waals surface area contributed by atoms with E-state index in [9.17, 15) is 4.39 Å². The van der Waals surface area contributed by atoms with Crippen LogP contribution in [0.25, 0.3) is 0 Å². The summed E-state index contributed by atoms with van der Waals surface area (Å²) in [6.45, 7) is 4.25. The molecule has 2 heterocycles. The maximum atomic E-state index is 14.1. The van der Waals surface area contributed by atoms with Crippen LogP contribution >= 0.6 is 0 Å². The van der Waals surface area contributed by atoms with Gasteiger partial charge in [0.05, 0.1) is 0 Å². The molecule has 1 atom stereocenters. The first-order valence-corrected chi connectivity index (χ1v) is 6.34. The van der Waals surface area contributed by atoms with E-state index in [2.05, 4.69) is 16.8 Å². The molecule has 17 heavy (non-hydrogen) atoms.